The van der Waals surface area contributed by atoms with Gasteiger partial charge in [0.15, 0.2) is 0 Å². The van der Waals surface area contributed by atoms with Gasteiger partial charge in [0.25, 0.3) is 0 Å². The lowest BCUT2D eigenvalue weighted by atomic mass is 9.27. The molecule has 4 aliphatic carbocycles. The summed E-state index contributed by atoms with van der Waals surface area (Å²) in [5, 5.41) is 0. The zero-order valence-electron chi connectivity index (χ0n) is 38.8. The summed E-state index contributed by atoms with van der Waals surface area (Å²) in [5.41, 5.74) is 14.2. The van der Waals surface area contributed by atoms with E-state index < -0.39 is 0 Å². The zero-order chi connectivity index (χ0) is 41.7. The fraction of sp³-hybridized carbons (Fsp3) is 0.564. The second-order valence-electron chi connectivity index (χ2n) is 24.0. The average Bonchev–Trinajstić information content (AvgIpc) is 3.16. The molecule has 2 aliphatic heterocycles. The number of benzene rings is 2. The largest absolute Gasteiger partial charge is 0.343 e. The van der Waals surface area contributed by atoms with Crippen LogP contribution in [0.1, 0.15) is 147 Å². The van der Waals surface area contributed by atoms with Gasteiger partial charge in [-0.1, -0.05) is 176 Å². The first-order valence-electron chi connectivity index (χ1n) is 23.0. The minimum Gasteiger partial charge on any atom is -0.343 e. The molecule has 58 heavy (non-hydrogen) atoms. The predicted octanol–water partition coefficient (Wildman–Crippen LogP) is 14.1. The van der Waals surface area contributed by atoms with Crippen molar-refractivity contribution >= 4 is 17.9 Å². The predicted molar refractivity (Wildman–Crippen MR) is 251 cm³/mol. The van der Waals surface area contributed by atoms with E-state index in [4.69, 9.17) is 0 Å². The molecule has 0 radical (unpaired) electrons. The minimum absolute atomic E-state index is 0.0588. The molecule has 2 nitrogen and oxygen atoms in total. The van der Waals surface area contributed by atoms with E-state index in [9.17, 15) is 0 Å². The van der Waals surface area contributed by atoms with Crippen molar-refractivity contribution in [3.63, 3.8) is 0 Å². The van der Waals surface area contributed by atoms with Crippen molar-refractivity contribution in [3.8, 4) is 0 Å². The van der Waals surface area contributed by atoms with Gasteiger partial charge in [-0.3, -0.25) is 0 Å². The summed E-state index contributed by atoms with van der Waals surface area (Å²) < 4.78 is 0. The summed E-state index contributed by atoms with van der Waals surface area (Å²) in [4.78, 5) is 5.71. The standard InChI is InChI=1S/C55H75BN2/c1-51(2,3)36-23-27-42(28-24-36)57-46-29-25-39(53(7,8)9)32-44(46)56-45-33-40(54(10,11)12)26-30-47(45)58(43-22-18-21-38(31-43)52(4,5)6)49-35-41(34-48(57)50(49)56)55(13,14)37-19-16-15-17-20-37/h15-20,22-23,25,27-30,32,34,36,38,40-41,43,45H,21,24,26,31,33,35H2,1-14H3. The van der Waals surface area contributed by atoms with Gasteiger partial charge < -0.3 is 9.80 Å². The van der Waals surface area contributed by atoms with Crippen LogP contribution in [0.3, 0.4) is 0 Å². The summed E-state index contributed by atoms with van der Waals surface area (Å²) >= 11 is 0. The Balaban J connectivity index is 1.41. The van der Waals surface area contributed by atoms with Crippen molar-refractivity contribution < 1.29 is 0 Å². The Bertz CT molecular complexity index is 2090. The van der Waals surface area contributed by atoms with Crippen molar-refractivity contribution in [3.05, 3.63) is 130 Å². The normalized spacial score (nSPS) is 27.8. The Morgan fingerprint density at radius 3 is 1.97 bits per heavy atom. The molecule has 2 aromatic carbocycles. The maximum atomic E-state index is 2.97. The highest BCUT2D eigenvalue weighted by Crippen LogP contribution is 2.58. The SMILES string of the molecule is CC(C)(C)c1ccc2c(c1)B1C3=C(CC(C(C)(C)c4ccccc4)C=C3N2C2=CCC(C(C)(C)C)C=C2)N(C2C=CCC(C(C)(C)C)C2)C2=CCC(C(C)(C)C)CC12. The van der Waals surface area contributed by atoms with Gasteiger partial charge in [0, 0.05) is 28.5 Å². The van der Waals surface area contributed by atoms with Crippen LogP contribution >= 0.6 is 0 Å². The Morgan fingerprint density at radius 1 is 0.655 bits per heavy atom. The maximum Gasteiger partial charge on any atom is 0.226 e. The van der Waals surface area contributed by atoms with Gasteiger partial charge in [0.1, 0.15) is 0 Å². The lowest BCUT2D eigenvalue weighted by Crippen LogP contribution is -2.58. The van der Waals surface area contributed by atoms with Crippen LogP contribution in [-0.2, 0) is 10.8 Å². The van der Waals surface area contributed by atoms with Gasteiger partial charge in [0.2, 0.25) is 6.71 Å². The van der Waals surface area contributed by atoms with E-state index in [1.807, 2.05) is 0 Å². The molecule has 0 aromatic heterocycles. The lowest BCUT2D eigenvalue weighted by Gasteiger charge is -2.57. The van der Waals surface area contributed by atoms with Crippen molar-refractivity contribution in [2.75, 3.05) is 4.90 Å². The summed E-state index contributed by atoms with van der Waals surface area (Å²) in [5.74, 6) is 2.58. The van der Waals surface area contributed by atoms with Crippen LogP contribution in [0.5, 0.6) is 0 Å². The molecule has 6 atom stereocenters. The molecule has 2 heterocycles. The van der Waals surface area contributed by atoms with Gasteiger partial charge in [-0.2, -0.15) is 0 Å². The maximum absolute atomic E-state index is 2.97. The van der Waals surface area contributed by atoms with Crippen LogP contribution in [0.2, 0.25) is 5.82 Å². The monoisotopic (exact) mass is 775 g/mol. The molecule has 0 saturated heterocycles. The molecule has 0 spiro atoms. The van der Waals surface area contributed by atoms with Gasteiger partial charge in [0.05, 0.1) is 6.04 Å². The third kappa shape index (κ3) is 7.27. The van der Waals surface area contributed by atoms with Crippen molar-refractivity contribution in [2.45, 2.75) is 158 Å². The third-order valence-corrected chi connectivity index (χ3v) is 15.9. The van der Waals surface area contributed by atoms with Gasteiger partial charge >= 0.3 is 0 Å². The van der Waals surface area contributed by atoms with Crippen molar-refractivity contribution in [1.29, 1.82) is 0 Å². The number of hydrogen-bond acceptors (Lipinski definition) is 2. The molecule has 0 saturated carbocycles. The van der Waals surface area contributed by atoms with Gasteiger partial charge in [-0.05, 0) is 129 Å². The second kappa shape index (κ2) is 14.3. The van der Waals surface area contributed by atoms with E-state index in [2.05, 4.69) is 198 Å². The van der Waals surface area contributed by atoms with Crippen LogP contribution in [-0.4, -0.2) is 17.7 Å². The Kier molecular flexibility index (Phi) is 10.2. The van der Waals surface area contributed by atoms with E-state index in [0.717, 1.165) is 19.3 Å². The van der Waals surface area contributed by atoms with Crippen LogP contribution in [0.15, 0.2) is 119 Å². The van der Waals surface area contributed by atoms with Crippen LogP contribution < -0.4 is 10.4 Å². The number of fused-ring (bicyclic) bond motifs is 4. The molecular formula is C55H75BN2. The van der Waals surface area contributed by atoms with E-state index in [-0.39, 0.29) is 27.1 Å². The summed E-state index contributed by atoms with van der Waals surface area (Å²) in [6.07, 6.45) is 25.1. The molecule has 0 N–H and O–H groups in total. The molecule has 308 valence electrons. The van der Waals surface area contributed by atoms with Crippen molar-refractivity contribution in [1.82, 2.24) is 4.90 Å². The number of allylic oxidation sites excluding steroid dienone is 9. The molecule has 0 fully saturated rings. The smallest absolute Gasteiger partial charge is 0.226 e. The fourth-order valence-electron chi connectivity index (χ4n) is 11.5. The summed E-state index contributed by atoms with van der Waals surface area (Å²) in [6, 6.07) is 19.4. The van der Waals surface area contributed by atoms with Crippen LogP contribution in [0, 0.1) is 39.9 Å². The highest BCUT2D eigenvalue weighted by atomic mass is 15.2. The number of hydrogen-bond donors (Lipinski definition) is 0. The molecule has 2 aromatic rings. The number of anilines is 1. The Hall–Kier alpha value is -3.46. The van der Waals surface area contributed by atoms with Crippen molar-refractivity contribution in [2.24, 2.45) is 39.9 Å². The van der Waals surface area contributed by atoms with E-state index in [0.29, 0.717) is 42.2 Å². The molecule has 3 heteroatoms. The van der Waals surface area contributed by atoms with E-state index in [1.54, 1.807) is 22.3 Å². The minimum atomic E-state index is -0.0599. The first-order chi connectivity index (χ1) is 27.0. The third-order valence-electron chi connectivity index (χ3n) is 15.9. The second-order valence-corrected chi connectivity index (χ2v) is 24.0. The highest BCUT2D eigenvalue weighted by Gasteiger charge is 2.54. The lowest BCUT2D eigenvalue weighted by molar-refractivity contribution is 0.160. The van der Waals surface area contributed by atoms with E-state index >= 15 is 0 Å². The first kappa shape index (κ1) is 41.3. The topological polar surface area (TPSA) is 6.48 Å². The Morgan fingerprint density at radius 2 is 1.34 bits per heavy atom. The van der Waals surface area contributed by atoms with Gasteiger partial charge in [-0.25, -0.2) is 0 Å². The molecule has 8 rings (SSSR count). The summed E-state index contributed by atoms with van der Waals surface area (Å²) in [7, 11) is 0. The Labute approximate surface area is 354 Å². The average molecular weight is 775 g/mol. The number of nitrogens with zero attached hydrogens (tertiary/aromatic N) is 2. The molecular weight excluding hydrogens is 699 g/mol. The van der Waals surface area contributed by atoms with Crippen LogP contribution in [0.25, 0.3) is 0 Å². The summed E-state index contributed by atoms with van der Waals surface area (Å²) in [6.45, 7) is 34.6. The quantitative estimate of drug-likeness (QED) is 0.225. The zero-order valence-corrected chi connectivity index (χ0v) is 38.8. The first-order valence-corrected chi connectivity index (χ1v) is 23.0. The fourth-order valence-corrected chi connectivity index (χ4v) is 11.5. The number of rotatable bonds is 4. The van der Waals surface area contributed by atoms with Gasteiger partial charge in [-0.15, -0.1) is 0 Å². The van der Waals surface area contributed by atoms with E-state index in [1.165, 1.54) is 47.5 Å². The highest BCUT2D eigenvalue weighted by molar-refractivity contribution is 6.85. The van der Waals surface area contributed by atoms with Crippen LogP contribution in [0.4, 0.5) is 5.69 Å². The molecule has 0 amide bonds. The molecule has 0 bridgehead atoms. The molecule has 6 aliphatic rings. The molecule has 6 unspecified atom stereocenters.